The molecule has 0 aliphatic rings. The topological polar surface area (TPSA) is 77.8 Å². The minimum absolute atomic E-state index is 0.0299. The van der Waals surface area contributed by atoms with Crippen LogP contribution in [0.4, 0.5) is 13.2 Å². The van der Waals surface area contributed by atoms with Crippen LogP contribution < -0.4 is 0 Å². The van der Waals surface area contributed by atoms with Gasteiger partial charge in [-0.05, 0) is 22.8 Å². The van der Waals surface area contributed by atoms with Gasteiger partial charge >= 0.3 is 22.5 Å². The minimum Gasteiger partial charge on any atom is -0.481 e. The molecule has 118 valence electrons. The zero-order chi connectivity index (χ0) is 16.3. The van der Waals surface area contributed by atoms with Crippen molar-refractivity contribution in [3.63, 3.8) is 0 Å². The van der Waals surface area contributed by atoms with E-state index in [1.807, 2.05) is 0 Å². The number of carboxylic acid groups (broad SMARTS) is 1. The van der Waals surface area contributed by atoms with E-state index < -0.39 is 28.1 Å². The molecule has 0 heterocycles. The third kappa shape index (κ3) is 4.80. The lowest BCUT2D eigenvalue weighted by Gasteiger charge is -2.15. The summed E-state index contributed by atoms with van der Waals surface area (Å²) in [5, 5.41) is 8.49. The number of aliphatic carboxylic acids is 1. The highest BCUT2D eigenvalue weighted by atomic mass is 32.3. The highest BCUT2D eigenvalue weighted by Gasteiger charge is 2.38. The summed E-state index contributed by atoms with van der Waals surface area (Å²) in [7, 11) is -2.57. The van der Waals surface area contributed by atoms with Crippen LogP contribution in [0, 0.1) is 0 Å². The molecule has 0 aromatic heterocycles. The maximum absolute atomic E-state index is 12.6. The van der Waals surface area contributed by atoms with E-state index in [9.17, 15) is 26.7 Å². The van der Waals surface area contributed by atoms with Gasteiger partial charge in [0.1, 0.15) is 0 Å². The average molecular weight is 326 g/mol. The first kappa shape index (κ1) is 17.6. The summed E-state index contributed by atoms with van der Waals surface area (Å²) in [4.78, 5) is 10.0. The first-order valence-electron chi connectivity index (χ1n) is 5.92. The molecule has 1 atom stereocenters. The zero-order valence-electron chi connectivity index (χ0n) is 11.1. The Hall–Kier alpha value is -1.45. The quantitative estimate of drug-likeness (QED) is 0.788. The summed E-state index contributed by atoms with van der Waals surface area (Å²) in [6.45, 7) is -0.0299. The largest absolute Gasteiger partial charge is 0.481 e. The molecule has 0 radical (unpaired) electrons. The van der Waals surface area contributed by atoms with E-state index in [0.717, 1.165) is 22.5 Å². The SMILES string of the molecule is CN(CCCC(=O)O)[S+](=O)(O)c1cccc(C(F)(F)F)c1. The van der Waals surface area contributed by atoms with Gasteiger partial charge in [-0.25, -0.2) is 0 Å². The third-order valence-electron chi connectivity index (χ3n) is 2.75. The summed E-state index contributed by atoms with van der Waals surface area (Å²) < 4.78 is 60.9. The van der Waals surface area contributed by atoms with Crippen molar-refractivity contribution >= 4 is 16.4 Å². The molecule has 1 aromatic carbocycles. The highest BCUT2D eigenvalue weighted by Crippen LogP contribution is 2.32. The molecule has 1 unspecified atom stereocenters. The van der Waals surface area contributed by atoms with Crippen LogP contribution in [-0.4, -0.2) is 33.5 Å². The fraction of sp³-hybridized carbons (Fsp3) is 0.417. The van der Waals surface area contributed by atoms with Crippen LogP contribution in [0.5, 0.6) is 0 Å². The molecule has 0 aliphatic carbocycles. The molecular formula is C12H15F3NO4S+. The van der Waals surface area contributed by atoms with Gasteiger partial charge in [-0.1, -0.05) is 10.4 Å². The van der Waals surface area contributed by atoms with Crippen molar-refractivity contribution in [2.75, 3.05) is 13.6 Å². The minimum atomic E-state index is -4.60. The smallest absolute Gasteiger partial charge is 0.416 e. The maximum atomic E-state index is 12.6. The first-order chi connectivity index (χ1) is 9.55. The van der Waals surface area contributed by atoms with Crippen LogP contribution in [0.15, 0.2) is 29.2 Å². The Morgan fingerprint density at radius 2 is 2.00 bits per heavy atom. The van der Waals surface area contributed by atoms with Crippen molar-refractivity contribution in [2.24, 2.45) is 0 Å². The Bertz CT molecular complexity index is 562. The lowest BCUT2D eigenvalue weighted by molar-refractivity contribution is -0.138. The van der Waals surface area contributed by atoms with Crippen molar-refractivity contribution in [2.45, 2.75) is 23.9 Å². The molecule has 5 nitrogen and oxygen atoms in total. The molecule has 0 fully saturated rings. The van der Waals surface area contributed by atoms with Gasteiger partial charge in [-0.15, -0.1) is 0 Å². The Morgan fingerprint density at radius 3 is 2.52 bits per heavy atom. The molecular weight excluding hydrogens is 311 g/mol. The summed E-state index contributed by atoms with van der Waals surface area (Å²) in [5.74, 6) is -1.05. The second kappa shape index (κ2) is 6.54. The number of nitrogens with zero attached hydrogens (tertiary/aromatic N) is 1. The van der Waals surface area contributed by atoms with E-state index in [-0.39, 0.29) is 24.3 Å². The number of hydrogen-bond donors (Lipinski definition) is 2. The molecule has 2 N–H and O–H groups in total. The zero-order valence-corrected chi connectivity index (χ0v) is 11.9. The van der Waals surface area contributed by atoms with E-state index in [0.29, 0.717) is 6.07 Å². The Labute approximate surface area is 120 Å². The number of carbonyl (C=O) groups is 1. The van der Waals surface area contributed by atoms with Gasteiger partial charge < -0.3 is 5.11 Å². The average Bonchev–Trinajstić information content (AvgIpc) is 2.37. The molecule has 1 aromatic rings. The molecule has 0 amide bonds. The molecule has 0 aliphatic heterocycles. The molecule has 9 heteroatoms. The number of benzene rings is 1. The van der Waals surface area contributed by atoms with Crippen LogP contribution in [0.25, 0.3) is 0 Å². The predicted molar refractivity (Wildman–Crippen MR) is 69.9 cm³/mol. The van der Waals surface area contributed by atoms with Gasteiger partial charge in [-0.3, -0.25) is 4.79 Å². The van der Waals surface area contributed by atoms with Gasteiger partial charge in [0.25, 0.3) is 0 Å². The second-order valence-corrected chi connectivity index (χ2v) is 6.46. The summed E-state index contributed by atoms with van der Waals surface area (Å²) >= 11 is 0. The monoisotopic (exact) mass is 326 g/mol. The normalized spacial score (nSPS) is 15.0. The number of halogens is 3. The van der Waals surface area contributed by atoms with Crippen molar-refractivity contribution in [3.05, 3.63) is 29.8 Å². The maximum Gasteiger partial charge on any atom is 0.416 e. The lowest BCUT2D eigenvalue weighted by atomic mass is 10.2. The van der Waals surface area contributed by atoms with Crippen LogP contribution in [0.1, 0.15) is 18.4 Å². The Balaban J connectivity index is 2.91. The fourth-order valence-electron chi connectivity index (χ4n) is 1.59. The standard InChI is InChI=1S/C12H14F3NO4S/c1-16(7-3-6-11(17)18)21(19,20)10-5-2-4-9(8-10)12(13,14)15/h2,4-5,8H,3,6-7H2,1H3,(H-,17,18,19,20)/p+1. The fourth-order valence-corrected chi connectivity index (χ4v) is 2.87. The van der Waals surface area contributed by atoms with Gasteiger partial charge in [0.2, 0.25) is 4.90 Å². The van der Waals surface area contributed by atoms with Crippen LogP contribution in [0.2, 0.25) is 0 Å². The molecule has 1 rings (SSSR count). The summed E-state index contributed by atoms with van der Waals surface area (Å²) in [6.07, 6.45) is -4.68. The van der Waals surface area contributed by atoms with Crippen LogP contribution in [-0.2, 0) is 25.6 Å². The van der Waals surface area contributed by atoms with Crippen LogP contribution >= 0.6 is 0 Å². The Kier molecular flexibility index (Phi) is 5.48. The molecule has 0 bridgehead atoms. The summed E-state index contributed by atoms with van der Waals surface area (Å²) in [5.41, 5.74) is -1.01. The van der Waals surface area contributed by atoms with Crippen molar-refractivity contribution < 1.29 is 31.8 Å². The number of alkyl halides is 3. The van der Waals surface area contributed by atoms with Gasteiger partial charge in [0.05, 0.1) is 5.56 Å². The summed E-state index contributed by atoms with van der Waals surface area (Å²) in [6, 6.07) is 3.61. The van der Waals surface area contributed by atoms with E-state index in [2.05, 4.69) is 0 Å². The number of hydrogen-bond acceptors (Lipinski definition) is 2. The molecule has 0 spiro atoms. The first-order valence-corrected chi connectivity index (χ1v) is 7.39. The van der Waals surface area contributed by atoms with Crippen molar-refractivity contribution in [1.82, 2.24) is 4.31 Å². The molecule has 21 heavy (non-hydrogen) atoms. The second-order valence-electron chi connectivity index (χ2n) is 4.37. The van der Waals surface area contributed by atoms with E-state index in [4.69, 9.17) is 5.11 Å². The lowest BCUT2D eigenvalue weighted by Crippen LogP contribution is -2.33. The highest BCUT2D eigenvalue weighted by molar-refractivity contribution is 7.95. The van der Waals surface area contributed by atoms with Gasteiger partial charge in [0.15, 0.2) is 0 Å². The Morgan fingerprint density at radius 1 is 1.38 bits per heavy atom. The van der Waals surface area contributed by atoms with Gasteiger partial charge in [0, 0.05) is 26.1 Å². The predicted octanol–water partition coefficient (Wildman–Crippen LogP) is 2.75. The van der Waals surface area contributed by atoms with E-state index >= 15 is 0 Å². The molecule has 0 saturated carbocycles. The number of rotatable bonds is 6. The van der Waals surface area contributed by atoms with E-state index in [1.54, 1.807) is 0 Å². The van der Waals surface area contributed by atoms with Crippen molar-refractivity contribution in [1.29, 1.82) is 0 Å². The van der Waals surface area contributed by atoms with Crippen LogP contribution in [0.3, 0.4) is 0 Å². The van der Waals surface area contributed by atoms with Crippen molar-refractivity contribution in [3.8, 4) is 0 Å². The third-order valence-corrected chi connectivity index (χ3v) is 4.65. The number of carboxylic acids is 1. The molecule has 0 saturated heterocycles. The van der Waals surface area contributed by atoms with E-state index in [1.165, 1.54) is 7.05 Å². The van der Waals surface area contributed by atoms with Gasteiger partial charge in [-0.2, -0.15) is 17.7 Å².